The van der Waals surface area contributed by atoms with Crippen LogP contribution in [0, 0.1) is 0 Å². The van der Waals surface area contributed by atoms with Crippen molar-refractivity contribution >= 4 is 39.8 Å². The molecule has 2 aromatic heterocycles. The summed E-state index contributed by atoms with van der Waals surface area (Å²) >= 11 is 2.84. The average molecular weight is 420 g/mol. The smallest absolute Gasteiger partial charge is 0.343 e. The second-order valence-corrected chi connectivity index (χ2v) is 7.69. The monoisotopic (exact) mass is 419 g/mol. The summed E-state index contributed by atoms with van der Waals surface area (Å²) in [6.07, 6.45) is 0.731. The maximum absolute atomic E-state index is 12.1. The second kappa shape index (κ2) is 9.67. The third-order valence-electron chi connectivity index (χ3n) is 3.86. The van der Waals surface area contributed by atoms with Crippen LogP contribution in [0.1, 0.15) is 19.0 Å². The fourth-order valence-corrected chi connectivity index (χ4v) is 4.44. The molecule has 0 fully saturated rings. The van der Waals surface area contributed by atoms with E-state index in [4.69, 9.17) is 4.74 Å². The standard InChI is InChI=1S/C18H21N5O3S2/c1-13(24)23(15-7-4-3-5-8-15)17-19-14(11-27-17)12-28-18-21-20-16(25)22(18)9-6-10-26-2/h3-5,7-8,11H,6,9-10,12H2,1-2H3,(H,20,25). The van der Waals surface area contributed by atoms with Crippen LogP contribution in [0.25, 0.3) is 0 Å². The molecule has 1 amide bonds. The highest BCUT2D eigenvalue weighted by atomic mass is 32.2. The number of carbonyl (C=O) groups excluding carboxylic acids is 1. The number of ether oxygens (including phenoxy) is 1. The Morgan fingerprint density at radius 3 is 2.86 bits per heavy atom. The Labute approximate surface area is 170 Å². The van der Waals surface area contributed by atoms with Crippen molar-refractivity contribution in [1.82, 2.24) is 19.7 Å². The number of para-hydroxylation sites is 1. The topological polar surface area (TPSA) is 93.1 Å². The van der Waals surface area contributed by atoms with Gasteiger partial charge in [-0.15, -0.1) is 16.4 Å². The molecule has 3 aromatic rings. The molecule has 0 atom stereocenters. The van der Waals surface area contributed by atoms with Crippen LogP contribution >= 0.6 is 23.1 Å². The van der Waals surface area contributed by atoms with Crippen LogP contribution in [-0.4, -0.2) is 39.4 Å². The number of H-pyrrole nitrogens is 1. The SMILES string of the molecule is COCCCn1c(SCc2csc(N(C(C)=O)c3ccccc3)n2)n[nH]c1=O. The number of nitrogens with zero attached hydrogens (tertiary/aromatic N) is 4. The molecule has 10 heteroatoms. The minimum Gasteiger partial charge on any atom is -0.385 e. The van der Waals surface area contributed by atoms with Gasteiger partial charge in [0.1, 0.15) is 0 Å². The van der Waals surface area contributed by atoms with Gasteiger partial charge in [0, 0.05) is 38.3 Å². The van der Waals surface area contributed by atoms with Gasteiger partial charge in [-0.05, 0) is 18.6 Å². The summed E-state index contributed by atoms with van der Waals surface area (Å²) in [7, 11) is 1.63. The molecule has 148 valence electrons. The minimum atomic E-state index is -0.232. The number of benzene rings is 1. The summed E-state index contributed by atoms with van der Waals surface area (Å²) in [6, 6.07) is 9.42. The van der Waals surface area contributed by atoms with Crippen molar-refractivity contribution in [1.29, 1.82) is 0 Å². The van der Waals surface area contributed by atoms with E-state index >= 15 is 0 Å². The summed E-state index contributed by atoms with van der Waals surface area (Å²) in [6.45, 7) is 2.64. The molecule has 0 saturated heterocycles. The first-order valence-electron chi connectivity index (χ1n) is 8.67. The van der Waals surface area contributed by atoms with Gasteiger partial charge in [0.05, 0.1) is 11.4 Å². The van der Waals surface area contributed by atoms with Crippen molar-refractivity contribution < 1.29 is 9.53 Å². The number of aromatic amines is 1. The van der Waals surface area contributed by atoms with E-state index in [1.807, 2.05) is 35.7 Å². The molecule has 0 spiro atoms. The van der Waals surface area contributed by atoms with Crippen LogP contribution in [0.2, 0.25) is 0 Å². The Kier molecular flexibility index (Phi) is 7.01. The quantitative estimate of drug-likeness (QED) is 0.423. The molecule has 0 aliphatic heterocycles. The van der Waals surface area contributed by atoms with Crippen molar-refractivity contribution in [2.45, 2.75) is 30.8 Å². The first kappa shape index (κ1) is 20.3. The molecule has 1 N–H and O–H groups in total. The Balaban J connectivity index is 1.70. The van der Waals surface area contributed by atoms with Crippen LogP contribution in [0.3, 0.4) is 0 Å². The van der Waals surface area contributed by atoms with E-state index in [-0.39, 0.29) is 11.6 Å². The lowest BCUT2D eigenvalue weighted by molar-refractivity contribution is -0.115. The van der Waals surface area contributed by atoms with E-state index < -0.39 is 0 Å². The van der Waals surface area contributed by atoms with Crippen LogP contribution in [0.4, 0.5) is 10.8 Å². The fraction of sp³-hybridized carbons (Fsp3) is 0.333. The van der Waals surface area contributed by atoms with E-state index in [0.717, 1.165) is 17.8 Å². The van der Waals surface area contributed by atoms with E-state index in [9.17, 15) is 9.59 Å². The molecule has 0 bridgehead atoms. The third kappa shape index (κ3) is 4.89. The molecule has 8 nitrogen and oxygen atoms in total. The van der Waals surface area contributed by atoms with Crippen molar-refractivity contribution in [3.8, 4) is 0 Å². The van der Waals surface area contributed by atoms with Crippen molar-refractivity contribution in [2.24, 2.45) is 0 Å². The molecule has 0 saturated carbocycles. The van der Waals surface area contributed by atoms with Gasteiger partial charge in [-0.3, -0.25) is 14.3 Å². The predicted molar refractivity (Wildman–Crippen MR) is 110 cm³/mol. The van der Waals surface area contributed by atoms with Crippen molar-refractivity contribution in [3.63, 3.8) is 0 Å². The van der Waals surface area contributed by atoms with Crippen molar-refractivity contribution in [3.05, 3.63) is 51.9 Å². The number of thioether (sulfide) groups is 1. The minimum absolute atomic E-state index is 0.0981. The van der Waals surface area contributed by atoms with Gasteiger partial charge < -0.3 is 4.74 Å². The average Bonchev–Trinajstić information content (AvgIpc) is 3.28. The highest BCUT2D eigenvalue weighted by Gasteiger charge is 2.18. The number of hydrogen-bond acceptors (Lipinski definition) is 7. The number of anilines is 2. The number of methoxy groups -OCH3 is 1. The summed E-state index contributed by atoms with van der Waals surface area (Å²) in [4.78, 5) is 30.2. The summed E-state index contributed by atoms with van der Waals surface area (Å²) in [5, 5.41) is 9.72. The number of hydrogen-bond donors (Lipinski definition) is 1. The zero-order chi connectivity index (χ0) is 19.9. The van der Waals surface area contributed by atoms with Crippen LogP contribution in [0.15, 0.2) is 45.7 Å². The molecule has 0 aliphatic rings. The molecular weight excluding hydrogens is 398 g/mol. The number of carbonyl (C=O) groups is 1. The van der Waals surface area contributed by atoms with Gasteiger partial charge in [-0.1, -0.05) is 30.0 Å². The molecule has 2 heterocycles. The van der Waals surface area contributed by atoms with E-state index in [1.165, 1.54) is 30.0 Å². The first-order valence-corrected chi connectivity index (χ1v) is 10.5. The molecule has 0 unspecified atom stereocenters. The van der Waals surface area contributed by atoms with Crippen LogP contribution < -0.4 is 10.6 Å². The second-order valence-electron chi connectivity index (χ2n) is 5.91. The zero-order valence-electron chi connectivity index (χ0n) is 15.6. The zero-order valence-corrected chi connectivity index (χ0v) is 17.3. The van der Waals surface area contributed by atoms with Gasteiger partial charge >= 0.3 is 5.69 Å². The number of nitrogens with one attached hydrogen (secondary N) is 1. The number of thiazole rings is 1. The largest absolute Gasteiger partial charge is 0.385 e. The Bertz CT molecular complexity index is 967. The Morgan fingerprint density at radius 2 is 2.14 bits per heavy atom. The van der Waals surface area contributed by atoms with E-state index in [2.05, 4.69) is 15.2 Å². The van der Waals surface area contributed by atoms with Gasteiger partial charge in [-0.25, -0.2) is 14.9 Å². The number of amides is 1. The lowest BCUT2D eigenvalue weighted by atomic mass is 10.3. The predicted octanol–water partition coefficient (Wildman–Crippen LogP) is 3.04. The van der Waals surface area contributed by atoms with Gasteiger partial charge in [0.2, 0.25) is 5.91 Å². The third-order valence-corrected chi connectivity index (χ3v) is 5.75. The summed E-state index contributed by atoms with van der Waals surface area (Å²) in [5.74, 6) is 0.449. The lowest BCUT2D eigenvalue weighted by Gasteiger charge is -2.17. The Morgan fingerprint density at radius 1 is 1.36 bits per heavy atom. The Hall–Kier alpha value is -2.43. The lowest BCUT2D eigenvalue weighted by Crippen LogP contribution is -2.22. The maximum atomic E-state index is 12.1. The fourth-order valence-electron chi connectivity index (χ4n) is 2.59. The van der Waals surface area contributed by atoms with E-state index in [0.29, 0.717) is 29.2 Å². The van der Waals surface area contributed by atoms with Gasteiger partial charge in [-0.2, -0.15) is 0 Å². The van der Waals surface area contributed by atoms with Gasteiger partial charge in [0.15, 0.2) is 10.3 Å². The molecular formula is C18H21N5O3S2. The normalized spacial score (nSPS) is 10.9. The highest BCUT2D eigenvalue weighted by molar-refractivity contribution is 7.98. The molecule has 0 aliphatic carbocycles. The van der Waals surface area contributed by atoms with Crippen LogP contribution in [-0.2, 0) is 21.8 Å². The maximum Gasteiger partial charge on any atom is 0.343 e. The summed E-state index contributed by atoms with van der Waals surface area (Å²) < 4.78 is 6.64. The van der Waals surface area contributed by atoms with E-state index in [1.54, 1.807) is 16.6 Å². The molecule has 1 aromatic carbocycles. The summed E-state index contributed by atoms with van der Waals surface area (Å²) in [5.41, 5.74) is 1.37. The highest BCUT2D eigenvalue weighted by Crippen LogP contribution is 2.30. The van der Waals surface area contributed by atoms with Crippen molar-refractivity contribution in [2.75, 3.05) is 18.6 Å². The molecule has 28 heavy (non-hydrogen) atoms. The first-order chi connectivity index (χ1) is 13.6. The van der Waals surface area contributed by atoms with Crippen LogP contribution in [0.5, 0.6) is 0 Å². The number of aromatic nitrogens is 4. The van der Waals surface area contributed by atoms with Gasteiger partial charge in [0.25, 0.3) is 0 Å². The number of rotatable bonds is 9. The molecule has 0 radical (unpaired) electrons. The molecule has 3 rings (SSSR count).